The number of nitrogens with one attached hydrogen (secondary N) is 1. The van der Waals surface area contributed by atoms with Gasteiger partial charge >= 0.3 is 5.97 Å². The fraction of sp³-hybridized carbons (Fsp3) is 0.500. The number of esters is 1. The van der Waals surface area contributed by atoms with Crippen LogP contribution in [0.5, 0.6) is 0 Å². The van der Waals surface area contributed by atoms with E-state index < -0.39 is 18.5 Å². The summed E-state index contributed by atoms with van der Waals surface area (Å²) in [5, 5.41) is 2.31. The smallest absolute Gasteiger partial charge is 0.338 e. The van der Waals surface area contributed by atoms with Gasteiger partial charge in [0.05, 0.1) is 5.56 Å². The highest BCUT2D eigenvalue weighted by atomic mass is 16.5. The number of anilines is 1. The number of hydrogen-bond donors (Lipinski definition) is 1. The Morgan fingerprint density at radius 3 is 2.37 bits per heavy atom. The Labute approximate surface area is 158 Å². The van der Waals surface area contributed by atoms with Gasteiger partial charge in [-0.05, 0) is 43.5 Å². The van der Waals surface area contributed by atoms with Crippen molar-refractivity contribution in [3.05, 3.63) is 29.8 Å². The first kappa shape index (κ1) is 19.1. The van der Waals surface area contributed by atoms with E-state index in [0.29, 0.717) is 13.0 Å². The van der Waals surface area contributed by atoms with Crippen molar-refractivity contribution in [2.24, 2.45) is 5.92 Å². The van der Waals surface area contributed by atoms with Crippen LogP contribution in [-0.4, -0.2) is 36.8 Å². The fourth-order valence-electron chi connectivity index (χ4n) is 3.55. The second kappa shape index (κ2) is 8.79. The lowest BCUT2D eigenvalue weighted by molar-refractivity contribution is -0.135. The summed E-state index contributed by atoms with van der Waals surface area (Å²) in [6, 6.07) is 6.50. The average molecular weight is 372 g/mol. The molecule has 0 bridgehead atoms. The first-order valence-corrected chi connectivity index (χ1v) is 9.46. The standard InChI is InChI=1S/C20H24N2O5/c23-17(21-19(25)14-5-2-1-3-6-14)13-27-20(26)15-8-10-16(11-9-15)22-12-4-7-18(22)24/h8-11,14H,1-7,12-13H2,(H,21,23,25). The zero-order valence-corrected chi connectivity index (χ0v) is 15.2. The van der Waals surface area contributed by atoms with Gasteiger partial charge in [-0.15, -0.1) is 0 Å². The van der Waals surface area contributed by atoms with Crippen LogP contribution in [0.25, 0.3) is 0 Å². The van der Waals surface area contributed by atoms with Crippen LogP contribution in [0.4, 0.5) is 5.69 Å². The molecule has 2 fully saturated rings. The van der Waals surface area contributed by atoms with Crippen molar-refractivity contribution in [1.82, 2.24) is 5.32 Å². The van der Waals surface area contributed by atoms with Gasteiger partial charge in [-0.3, -0.25) is 19.7 Å². The fourth-order valence-corrected chi connectivity index (χ4v) is 3.55. The molecule has 1 aliphatic carbocycles. The van der Waals surface area contributed by atoms with E-state index in [1.54, 1.807) is 29.2 Å². The number of ether oxygens (including phenoxy) is 1. The topological polar surface area (TPSA) is 92.8 Å². The summed E-state index contributed by atoms with van der Waals surface area (Å²) in [6.45, 7) is 0.182. The van der Waals surface area contributed by atoms with Gasteiger partial charge in [-0.1, -0.05) is 19.3 Å². The van der Waals surface area contributed by atoms with Crippen LogP contribution in [0, 0.1) is 5.92 Å². The maximum absolute atomic E-state index is 12.1. The molecule has 7 nitrogen and oxygen atoms in total. The first-order chi connectivity index (χ1) is 13.0. The van der Waals surface area contributed by atoms with Crippen molar-refractivity contribution >= 4 is 29.4 Å². The van der Waals surface area contributed by atoms with Crippen LogP contribution < -0.4 is 10.2 Å². The predicted octanol–water partition coefficient (Wildman–Crippen LogP) is 2.19. The van der Waals surface area contributed by atoms with Gasteiger partial charge in [0.25, 0.3) is 5.91 Å². The number of carbonyl (C=O) groups excluding carboxylic acids is 4. The Kier molecular flexibility index (Phi) is 6.21. The quantitative estimate of drug-likeness (QED) is 0.800. The largest absolute Gasteiger partial charge is 0.452 e. The molecular formula is C20H24N2O5. The molecule has 144 valence electrons. The third-order valence-corrected chi connectivity index (χ3v) is 5.06. The van der Waals surface area contributed by atoms with Gasteiger partial charge in [-0.25, -0.2) is 4.79 Å². The molecular weight excluding hydrogens is 348 g/mol. The van der Waals surface area contributed by atoms with Gasteiger partial charge in [-0.2, -0.15) is 0 Å². The lowest BCUT2D eigenvalue weighted by Gasteiger charge is -2.20. The maximum Gasteiger partial charge on any atom is 0.338 e. The Morgan fingerprint density at radius 1 is 1.04 bits per heavy atom. The Balaban J connectivity index is 1.46. The summed E-state index contributed by atoms with van der Waals surface area (Å²) in [4.78, 5) is 49.3. The Morgan fingerprint density at radius 2 is 1.74 bits per heavy atom. The van der Waals surface area contributed by atoms with Crippen LogP contribution in [0.3, 0.4) is 0 Å². The summed E-state index contributed by atoms with van der Waals surface area (Å²) < 4.78 is 4.98. The second-order valence-electron chi connectivity index (χ2n) is 7.02. The average Bonchev–Trinajstić information content (AvgIpc) is 3.13. The first-order valence-electron chi connectivity index (χ1n) is 9.46. The molecule has 0 radical (unpaired) electrons. The van der Waals surface area contributed by atoms with E-state index in [1.165, 1.54) is 0 Å². The van der Waals surface area contributed by atoms with E-state index in [9.17, 15) is 19.2 Å². The summed E-state index contributed by atoms with van der Waals surface area (Å²) in [6.07, 6.45) is 6.09. The molecule has 0 atom stereocenters. The van der Waals surface area contributed by atoms with E-state index in [-0.39, 0.29) is 23.3 Å². The molecule has 0 unspecified atom stereocenters. The molecule has 1 N–H and O–H groups in total. The van der Waals surface area contributed by atoms with E-state index in [0.717, 1.165) is 44.2 Å². The molecule has 0 spiro atoms. The summed E-state index contributed by atoms with van der Waals surface area (Å²) in [5.41, 5.74) is 1.03. The zero-order chi connectivity index (χ0) is 19.2. The number of rotatable bonds is 5. The number of carbonyl (C=O) groups is 4. The van der Waals surface area contributed by atoms with E-state index in [4.69, 9.17) is 4.74 Å². The van der Waals surface area contributed by atoms with Crippen LogP contribution in [0.1, 0.15) is 55.3 Å². The number of amides is 3. The third kappa shape index (κ3) is 4.93. The van der Waals surface area contributed by atoms with Crippen molar-refractivity contribution < 1.29 is 23.9 Å². The molecule has 27 heavy (non-hydrogen) atoms. The van der Waals surface area contributed by atoms with Gasteiger partial charge < -0.3 is 9.64 Å². The van der Waals surface area contributed by atoms with Crippen molar-refractivity contribution in [2.75, 3.05) is 18.1 Å². The monoisotopic (exact) mass is 372 g/mol. The number of hydrogen-bond acceptors (Lipinski definition) is 5. The van der Waals surface area contributed by atoms with Gasteiger partial charge in [0.1, 0.15) is 0 Å². The molecule has 2 aliphatic rings. The van der Waals surface area contributed by atoms with E-state index >= 15 is 0 Å². The van der Waals surface area contributed by atoms with Crippen LogP contribution >= 0.6 is 0 Å². The zero-order valence-electron chi connectivity index (χ0n) is 15.2. The molecule has 1 aromatic rings. The van der Waals surface area contributed by atoms with Crippen LogP contribution in [0.2, 0.25) is 0 Å². The summed E-state index contributed by atoms with van der Waals surface area (Å²) in [5.74, 6) is -1.59. The Bertz CT molecular complexity index is 722. The maximum atomic E-state index is 12.1. The highest BCUT2D eigenvalue weighted by molar-refractivity contribution is 5.99. The van der Waals surface area contributed by atoms with Crippen LogP contribution in [-0.2, 0) is 19.1 Å². The minimum Gasteiger partial charge on any atom is -0.452 e. The molecule has 3 amide bonds. The molecule has 7 heteroatoms. The van der Waals surface area contributed by atoms with E-state index in [1.807, 2.05) is 0 Å². The summed E-state index contributed by atoms with van der Waals surface area (Å²) >= 11 is 0. The van der Waals surface area contributed by atoms with Gasteiger partial charge in [0.15, 0.2) is 6.61 Å². The minimum absolute atomic E-state index is 0.0737. The van der Waals surface area contributed by atoms with E-state index in [2.05, 4.69) is 5.32 Å². The van der Waals surface area contributed by atoms with Gasteiger partial charge in [0.2, 0.25) is 11.8 Å². The lowest BCUT2D eigenvalue weighted by Crippen LogP contribution is -2.38. The van der Waals surface area contributed by atoms with Gasteiger partial charge in [0, 0.05) is 24.6 Å². The van der Waals surface area contributed by atoms with Crippen LogP contribution in [0.15, 0.2) is 24.3 Å². The second-order valence-corrected chi connectivity index (χ2v) is 7.02. The highest BCUT2D eigenvalue weighted by Gasteiger charge is 2.24. The molecule has 1 aromatic carbocycles. The summed E-state index contributed by atoms with van der Waals surface area (Å²) in [7, 11) is 0. The molecule has 1 heterocycles. The van der Waals surface area contributed by atoms with Crippen molar-refractivity contribution in [1.29, 1.82) is 0 Å². The third-order valence-electron chi connectivity index (χ3n) is 5.06. The van der Waals surface area contributed by atoms with Crippen molar-refractivity contribution in [3.63, 3.8) is 0 Å². The minimum atomic E-state index is -0.644. The Hall–Kier alpha value is -2.70. The molecule has 1 saturated heterocycles. The molecule has 1 saturated carbocycles. The van der Waals surface area contributed by atoms with Crippen molar-refractivity contribution in [2.45, 2.75) is 44.9 Å². The predicted molar refractivity (Wildman–Crippen MR) is 98.0 cm³/mol. The lowest BCUT2D eigenvalue weighted by atomic mass is 9.89. The number of benzene rings is 1. The number of imide groups is 1. The SMILES string of the molecule is O=C(COC(=O)c1ccc(N2CCCC2=O)cc1)NC(=O)C1CCCCC1. The molecule has 0 aromatic heterocycles. The highest BCUT2D eigenvalue weighted by Crippen LogP contribution is 2.24. The molecule has 1 aliphatic heterocycles. The van der Waals surface area contributed by atoms with Crippen molar-refractivity contribution in [3.8, 4) is 0 Å². The normalized spacial score (nSPS) is 17.6. The molecule has 3 rings (SSSR count). The number of nitrogens with zero attached hydrogens (tertiary/aromatic N) is 1.